The predicted octanol–water partition coefficient (Wildman–Crippen LogP) is 2.30. The largest absolute Gasteiger partial charge is 0.443 e. The van der Waals surface area contributed by atoms with Gasteiger partial charge in [-0.3, -0.25) is 15.5 Å². The number of nitro benzene ring substituents is 1. The first-order valence-electron chi connectivity index (χ1n) is 7.59. The SMILES string of the molecule is CC(C)(C)OC(=O)NN1CCN(c2ccc([N+](=O)[O-])cc2F)CC1. The van der Waals surface area contributed by atoms with Crippen molar-refractivity contribution in [3.05, 3.63) is 34.1 Å². The number of piperazine rings is 1. The van der Waals surface area contributed by atoms with Crippen molar-refractivity contribution in [3.8, 4) is 0 Å². The number of carbonyl (C=O) groups excluding carboxylic acids is 1. The Hall–Kier alpha value is -2.42. The van der Waals surface area contributed by atoms with Gasteiger partial charge < -0.3 is 9.64 Å². The van der Waals surface area contributed by atoms with Crippen LogP contribution in [0.3, 0.4) is 0 Å². The number of halogens is 1. The number of hydrogen-bond acceptors (Lipinski definition) is 6. The van der Waals surface area contributed by atoms with Crippen molar-refractivity contribution in [1.82, 2.24) is 10.4 Å². The zero-order valence-electron chi connectivity index (χ0n) is 13.9. The number of nitrogens with zero attached hydrogens (tertiary/aromatic N) is 3. The van der Waals surface area contributed by atoms with Gasteiger partial charge in [-0.15, -0.1) is 0 Å². The lowest BCUT2D eigenvalue weighted by atomic mass is 10.2. The van der Waals surface area contributed by atoms with Crippen molar-refractivity contribution in [2.75, 3.05) is 31.1 Å². The van der Waals surface area contributed by atoms with Crippen LogP contribution in [0.2, 0.25) is 0 Å². The average Bonchev–Trinajstić information content (AvgIpc) is 2.46. The molecular formula is C15H21FN4O4. The lowest BCUT2D eigenvalue weighted by Crippen LogP contribution is -2.54. The Morgan fingerprint density at radius 1 is 1.29 bits per heavy atom. The van der Waals surface area contributed by atoms with Gasteiger partial charge >= 0.3 is 6.09 Å². The van der Waals surface area contributed by atoms with Crippen molar-refractivity contribution in [1.29, 1.82) is 0 Å². The van der Waals surface area contributed by atoms with Gasteiger partial charge in [0.15, 0.2) is 5.82 Å². The molecule has 8 nitrogen and oxygen atoms in total. The molecule has 24 heavy (non-hydrogen) atoms. The number of non-ortho nitro benzene ring substituents is 1. The van der Waals surface area contributed by atoms with Crippen molar-refractivity contribution in [2.24, 2.45) is 0 Å². The highest BCUT2D eigenvalue weighted by Gasteiger charge is 2.24. The second kappa shape index (κ2) is 7.00. The molecule has 1 aromatic carbocycles. The van der Waals surface area contributed by atoms with Crippen LogP contribution < -0.4 is 10.3 Å². The van der Waals surface area contributed by atoms with Gasteiger partial charge in [-0.05, 0) is 26.8 Å². The highest BCUT2D eigenvalue weighted by Crippen LogP contribution is 2.24. The Morgan fingerprint density at radius 3 is 2.42 bits per heavy atom. The summed E-state index contributed by atoms with van der Waals surface area (Å²) >= 11 is 0. The Balaban J connectivity index is 1.91. The van der Waals surface area contributed by atoms with Gasteiger partial charge in [0.05, 0.1) is 16.7 Å². The van der Waals surface area contributed by atoms with Gasteiger partial charge in [0.2, 0.25) is 0 Å². The lowest BCUT2D eigenvalue weighted by molar-refractivity contribution is -0.385. The van der Waals surface area contributed by atoms with Crippen molar-refractivity contribution < 1.29 is 18.8 Å². The number of ether oxygens (including phenoxy) is 1. The minimum atomic E-state index is -0.629. The smallest absolute Gasteiger partial charge is 0.422 e. The minimum absolute atomic E-state index is 0.276. The molecule has 0 atom stereocenters. The first-order chi connectivity index (χ1) is 11.2. The number of carbonyl (C=O) groups is 1. The maximum Gasteiger partial charge on any atom is 0.422 e. The van der Waals surface area contributed by atoms with E-state index in [9.17, 15) is 19.3 Å². The van der Waals surface area contributed by atoms with Crippen LogP contribution in [-0.2, 0) is 4.74 Å². The molecule has 0 saturated carbocycles. The molecule has 0 aliphatic carbocycles. The van der Waals surface area contributed by atoms with Crippen LogP contribution in [0.25, 0.3) is 0 Å². The molecule has 1 heterocycles. The molecule has 0 unspecified atom stereocenters. The van der Waals surface area contributed by atoms with E-state index in [0.29, 0.717) is 31.9 Å². The van der Waals surface area contributed by atoms with E-state index in [1.807, 2.05) is 0 Å². The summed E-state index contributed by atoms with van der Waals surface area (Å²) in [5.41, 5.74) is 2.11. The second-order valence-electron chi connectivity index (χ2n) is 6.48. The van der Waals surface area contributed by atoms with E-state index in [0.717, 1.165) is 6.07 Å². The third-order valence-corrected chi connectivity index (χ3v) is 3.41. The number of rotatable bonds is 3. The molecule has 1 amide bonds. The van der Waals surface area contributed by atoms with Crippen LogP contribution in [0.5, 0.6) is 0 Å². The van der Waals surface area contributed by atoms with Crippen LogP contribution >= 0.6 is 0 Å². The van der Waals surface area contributed by atoms with Crippen LogP contribution in [-0.4, -0.2) is 47.8 Å². The fraction of sp³-hybridized carbons (Fsp3) is 0.533. The third kappa shape index (κ3) is 4.79. The number of nitrogens with one attached hydrogen (secondary N) is 1. The average molecular weight is 340 g/mol. The highest BCUT2D eigenvalue weighted by molar-refractivity contribution is 5.67. The molecule has 9 heteroatoms. The van der Waals surface area contributed by atoms with Gasteiger partial charge in [0.1, 0.15) is 5.60 Å². The Labute approximate surface area is 139 Å². The van der Waals surface area contributed by atoms with Crippen LogP contribution in [0.1, 0.15) is 20.8 Å². The number of benzene rings is 1. The van der Waals surface area contributed by atoms with E-state index in [-0.39, 0.29) is 5.69 Å². The van der Waals surface area contributed by atoms with Crippen LogP contribution in [0.4, 0.5) is 20.6 Å². The standard InChI is InChI=1S/C15H21FN4O4/c1-15(2,3)24-14(21)17-19-8-6-18(7-9-19)13-5-4-11(20(22)23)10-12(13)16/h4-5,10H,6-9H2,1-3H3,(H,17,21). The summed E-state index contributed by atoms with van der Waals surface area (Å²) in [6.45, 7) is 7.26. The van der Waals surface area contributed by atoms with Gasteiger partial charge in [-0.2, -0.15) is 0 Å². The zero-order valence-corrected chi connectivity index (χ0v) is 13.9. The second-order valence-corrected chi connectivity index (χ2v) is 6.48. The normalized spacial score (nSPS) is 15.9. The molecule has 0 radical (unpaired) electrons. The third-order valence-electron chi connectivity index (χ3n) is 3.41. The summed E-state index contributed by atoms with van der Waals surface area (Å²) in [5, 5.41) is 12.4. The molecule has 1 N–H and O–H groups in total. The maximum atomic E-state index is 14.0. The quantitative estimate of drug-likeness (QED) is 0.671. The monoisotopic (exact) mass is 340 g/mol. The van der Waals surface area contributed by atoms with Crippen LogP contribution in [0, 0.1) is 15.9 Å². The maximum absolute atomic E-state index is 14.0. The first kappa shape index (κ1) is 17.9. The molecule has 1 aliphatic rings. The van der Waals surface area contributed by atoms with Crippen molar-refractivity contribution >= 4 is 17.5 Å². The number of nitro groups is 1. The highest BCUT2D eigenvalue weighted by atomic mass is 19.1. The fourth-order valence-electron chi connectivity index (χ4n) is 2.36. The van der Waals surface area contributed by atoms with Crippen LogP contribution in [0.15, 0.2) is 18.2 Å². The molecule has 1 aromatic rings. The van der Waals surface area contributed by atoms with Gasteiger partial charge in [0.25, 0.3) is 5.69 Å². The van der Waals surface area contributed by atoms with Gasteiger partial charge in [0, 0.05) is 32.2 Å². The molecule has 1 saturated heterocycles. The molecule has 2 rings (SSSR count). The number of amides is 1. The predicted molar refractivity (Wildman–Crippen MR) is 86.2 cm³/mol. The molecule has 0 bridgehead atoms. The molecule has 0 aromatic heterocycles. The summed E-state index contributed by atoms with van der Waals surface area (Å²) < 4.78 is 19.2. The summed E-state index contributed by atoms with van der Waals surface area (Å²) in [6, 6.07) is 3.61. The zero-order chi connectivity index (χ0) is 17.9. The first-order valence-corrected chi connectivity index (χ1v) is 7.59. The van der Waals surface area contributed by atoms with E-state index >= 15 is 0 Å². The van der Waals surface area contributed by atoms with Gasteiger partial charge in [-0.1, -0.05) is 0 Å². The van der Waals surface area contributed by atoms with E-state index in [4.69, 9.17) is 4.74 Å². The Bertz CT molecular complexity index is 624. The van der Waals surface area contributed by atoms with Crippen molar-refractivity contribution in [2.45, 2.75) is 26.4 Å². The lowest BCUT2D eigenvalue weighted by Gasteiger charge is -2.36. The summed E-state index contributed by atoms with van der Waals surface area (Å²) in [6.07, 6.45) is -0.530. The molecule has 0 spiro atoms. The van der Waals surface area contributed by atoms with Crippen molar-refractivity contribution in [3.63, 3.8) is 0 Å². The molecule has 1 fully saturated rings. The molecule has 132 valence electrons. The Kier molecular flexibility index (Phi) is 5.23. The minimum Gasteiger partial charge on any atom is -0.443 e. The molecular weight excluding hydrogens is 319 g/mol. The number of hydrogen-bond donors (Lipinski definition) is 1. The van der Waals surface area contributed by atoms with E-state index in [1.165, 1.54) is 12.1 Å². The summed E-state index contributed by atoms with van der Waals surface area (Å²) in [4.78, 5) is 23.5. The summed E-state index contributed by atoms with van der Waals surface area (Å²) in [7, 11) is 0. The van der Waals surface area contributed by atoms with E-state index in [2.05, 4.69) is 5.43 Å². The van der Waals surface area contributed by atoms with E-state index < -0.39 is 22.4 Å². The van der Waals surface area contributed by atoms with E-state index in [1.54, 1.807) is 30.7 Å². The number of hydrazine groups is 1. The molecule has 1 aliphatic heterocycles. The fourth-order valence-corrected chi connectivity index (χ4v) is 2.36. The topological polar surface area (TPSA) is 88.0 Å². The Morgan fingerprint density at radius 2 is 1.92 bits per heavy atom. The van der Waals surface area contributed by atoms with Gasteiger partial charge in [-0.25, -0.2) is 14.2 Å². The summed E-state index contributed by atoms with van der Waals surface area (Å²) in [5.74, 6) is -0.627. The number of anilines is 1.